The monoisotopic (exact) mass is 366 g/mol. The molecule has 0 saturated heterocycles. The fourth-order valence-corrected chi connectivity index (χ4v) is 4.25. The van der Waals surface area contributed by atoms with Crippen LogP contribution in [0.2, 0.25) is 5.02 Å². The van der Waals surface area contributed by atoms with E-state index in [0.717, 1.165) is 0 Å². The standard InChI is InChI=1S/C6H2Br2Cl2O2S/c7-3-1-2-4(8)6(5(3)9)13(10,11)12/h1-2H. The molecule has 0 unspecified atom stereocenters. The van der Waals surface area contributed by atoms with Gasteiger partial charge in [0.1, 0.15) is 4.90 Å². The van der Waals surface area contributed by atoms with E-state index in [2.05, 4.69) is 31.9 Å². The Balaban J connectivity index is 3.62. The average Bonchev–Trinajstić information content (AvgIpc) is 1.95. The molecule has 0 heterocycles. The van der Waals surface area contributed by atoms with Crippen molar-refractivity contribution in [2.75, 3.05) is 0 Å². The van der Waals surface area contributed by atoms with Crippen LogP contribution in [0.4, 0.5) is 0 Å². The van der Waals surface area contributed by atoms with E-state index in [1.807, 2.05) is 0 Å². The Morgan fingerprint density at radius 1 is 1.15 bits per heavy atom. The van der Waals surface area contributed by atoms with E-state index in [9.17, 15) is 8.42 Å². The highest BCUT2D eigenvalue weighted by Gasteiger charge is 2.20. The van der Waals surface area contributed by atoms with Gasteiger partial charge in [0.25, 0.3) is 9.05 Å². The van der Waals surface area contributed by atoms with Gasteiger partial charge in [-0.15, -0.1) is 0 Å². The number of hydrogen-bond acceptors (Lipinski definition) is 2. The Labute approximate surface area is 102 Å². The Hall–Kier alpha value is 0.710. The maximum absolute atomic E-state index is 11.1. The third kappa shape index (κ3) is 2.59. The highest BCUT2D eigenvalue weighted by Crippen LogP contribution is 2.36. The van der Waals surface area contributed by atoms with E-state index in [4.69, 9.17) is 22.3 Å². The molecule has 1 rings (SSSR count). The minimum atomic E-state index is -3.82. The zero-order valence-corrected chi connectivity index (χ0v) is 11.4. The molecule has 0 spiro atoms. The number of benzene rings is 1. The van der Waals surface area contributed by atoms with Crippen molar-refractivity contribution in [2.45, 2.75) is 4.90 Å². The van der Waals surface area contributed by atoms with Crippen molar-refractivity contribution in [3.05, 3.63) is 26.1 Å². The van der Waals surface area contributed by atoms with Crippen LogP contribution in [0.3, 0.4) is 0 Å². The summed E-state index contributed by atoms with van der Waals surface area (Å²) in [5.74, 6) is 0. The van der Waals surface area contributed by atoms with Gasteiger partial charge in [-0.25, -0.2) is 8.42 Å². The first kappa shape index (κ1) is 11.8. The molecular formula is C6H2Br2Cl2O2S. The van der Waals surface area contributed by atoms with E-state index in [0.29, 0.717) is 8.95 Å². The van der Waals surface area contributed by atoms with Crippen LogP contribution in [-0.2, 0) is 9.05 Å². The first-order valence-corrected chi connectivity index (χ1v) is 7.19. The van der Waals surface area contributed by atoms with Crippen molar-refractivity contribution in [1.82, 2.24) is 0 Å². The summed E-state index contributed by atoms with van der Waals surface area (Å²) in [7, 11) is 1.35. The molecule has 0 atom stereocenters. The Kier molecular flexibility index (Phi) is 3.68. The van der Waals surface area contributed by atoms with Gasteiger partial charge in [-0.05, 0) is 44.0 Å². The van der Waals surface area contributed by atoms with Gasteiger partial charge in [0.05, 0.1) is 5.02 Å². The normalized spacial score (nSPS) is 11.7. The smallest absolute Gasteiger partial charge is 0.207 e. The van der Waals surface area contributed by atoms with Crippen molar-refractivity contribution < 1.29 is 8.42 Å². The molecule has 7 heteroatoms. The maximum Gasteiger partial charge on any atom is 0.263 e. The summed E-state index contributed by atoms with van der Waals surface area (Å²) in [6, 6.07) is 3.17. The molecule has 0 aliphatic heterocycles. The molecule has 0 aliphatic rings. The zero-order valence-electron chi connectivity index (χ0n) is 5.89. The van der Waals surface area contributed by atoms with Crippen LogP contribution < -0.4 is 0 Å². The van der Waals surface area contributed by atoms with Gasteiger partial charge in [-0.2, -0.15) is 0 Å². The zero-order chi connectivity index (χ0) is 10.2. The fourth-order valence-electron chi connectivity index (χ4n) is 0.732. The molecule has 0 bridgehead atoms. The number of rotatable bonds is 1. The first-order chi connectivity index (χ1) is 5.84. The lowest BCUT2D eigenvalue weighted by atomic mass is 10.4. The lowest BCUT2D eigenvalue weighted by Crippen LogP contribution is -1.94. The van der Waals surface area contributed by atoms with Crippen LogP contribution in [0.15, 0.2) is 26.0 Å². The van der Waals surface area contributed by atoms with E-state index in [-0.39, 0.29) is 9.92 Å². The number of halogens is 4. The molecule has 72 valence electrons. The highest BCUT2D eigenvalue weighted by atomic mass is 79.9. The summed E-state index contributed by atoms with van der Waals surface area (Å²) in [6.45, 7) is 0. The van der Waals surface area contributed by atoms with Gasteiger partial charge in [-0.3, -0.25) is 0 Å². The lowest BCUT2D eigenvalue weighted by Gasteiger charge is -2.04. The Bertz CT molecular complexity index is 444. The van der Waals surface area contributed by atoms with E-state index >= 15 is 0 Å². The van der Waals surface area contributed by atoms with Gasteiger partial charge in [0.2, 0.25) is 0 Å². The van der Waals surface area contributed by atoms with Gasteiger partial charge < -0.3 is 0 Å². The largest absolute Gasteiger partial charge is 0.263 e. The first-order valence-electron chi connectivity index (χ1n) is 2.92. The minimum absolute atomic E-state index is 0.0735. The lowest BCUT2D eigenvalue weighted by molar-refractivity contribution is 0.609. The molecule has 0 saturated carbocycles. The van der Waals surface area contributed by atoms with Crippen molar-refractivity contribution in [2.24, 2.45) is 0 Å². The van der Waals surface area contributed by atoms with Crippen molar-refractivity contribution in [3.8, 4) is 0 Å². The number of hydrogen-bond donors (Lipinski definition) is 0. The summed E-state index contributed by atoms with van der Waals surface area (Å²) in [6.07, 6.45) is 0. The average molecular weight is 369 g/mol. The van der Waals surface area contributed by atoms with Crippen molar-refractivity contribution >= 4 is 63.2 Å². The summed E-state index contributed by atoms with van der Waals surface area (Å²) in [5.41, 5.74) is 0. The molecule has 1 aromatic rings. The van der Waals surface area contributed by atoms with Gasteiger partial charge in [0, 0.05) is 19.6 Å². The molecule has 0 aromatic heterocycles. The topological polar surface area (TPSA) is 34.1 Å². The Morgan fingerprint density at radius 2 is 1.62 bits per heavy atom. The minimum Gasteiger partial charge on any atom is -0.207 e. The summed E-state index contributed by atoms with van der Waals surface area (Å²) in [5, 5.41) is 0.0735. The second-order valence-electron chi connectivity index (χ2n) is 2.11. The van der Waals surface area contributed by atoms with Crippen LogP contribution >= 0.6 is 54.1 Å². The third-order valence-corrected chi connectivity index (χ3v) is 4.94. The third-order valence-electron chi connectivity index (χ3n) is 1.25. The molecular weight excluding hydrogens is 367 g/mol. The van der Waals surface area contributed by atoms with Gasteiger partial charge >= 0.3 is 0 Å². The van der Waals surface area contributed by atoms with Crippen LogP contribution in [0, 0.1) is 0 Å². The summed E-state index contributed by atoms with van der Waals surface area (Å²) < 4.78 is 22.9. The summed E-state index contributed by atoms with van der Waals surface area (Å²) >= 11 is 11.9. The second-order valence-corrected chi connectivity index (χ2v) is 6.70. The second kappa shape index (κ2) is 4.06. The van der Waals surface area contributed by atoms with E-state index in [1.54, 1.807) is 12.1 Å². The van der Waals surface area contributed by atoms with Crippen LogP contribution in [0.1, 0.15) is 0 Å². The Morgan fingerprint density at radius 3 is 2.00 bits per heavy atom. The van der Waals surface area contributed by atoms with Crippen LogP contribution in [0.25, 0.3) is 0 Å². The SMILES string of the molecule is O=S(=O)(Cl)c1c(Br)ccc(Br)c1Cl. The van der Waals surface area contributed by atoms with Crippen molar-refractivity contribution in [1.29, 1.82) is 0 Å². The fraction of sp³-hybridized carbons (Fsp3) is 0. The van der Waals surface area contributed by atoms with E-state index in [1.165, 1.54) is 0 Å². The van der Waals surface area contributed by atoms with Crippen LogP contribution in [0.5, 0.6) is 0 Å². The quantitative estimate of drug-likeness (QED) is 0.558. The van der Waals surface area contributed by atoms with Crippen LogP contribution in [-0.4, -0.2) is 8.42 Å². The van der Waals surface area contributed by atoms with Gasteiger partial charge in [0.15, 0.2) is 0 Å². The molecule has 0 aliphatic carbocycles. The van der Waals surface area contributed by atoms with Crippen molar-refractivity contribution in [3.63, 3.8) is 0 Å². The highest BCUT2D eigenvalue weighted by molar-refractivity contribution is 9.11. The predicted octanol–water partition coefficient (Wildman–Crippen LogP) is 3.79. The maximum atomic E-state index is 11.1. The molecule has 0 N–H and O–H groups in total. The molecule has 2 nitrogen and oxygen atoms in total. The predicted molar refractivity (Wildman–Crippen MR) is 59.9 cm³/mol. The summed E-state index contributed by atoms with van der Waals surface area (Å²) in [4.78, 5) is -0.120. The molecule has 13 heavy (non-hydrogen) atoms. The molecule has 0 fully saturated rings. The van der Waals surface area contributed by atoms with E-state index < -0.39 is 9.05 Å². The molecule has 0 radical (unpaired) electrons. The molecule has 1 aromatic carbocycles. The van der Waals surface area contributed by atoms with Gasteiger partial charge in [-0.1, -0.05) is 11.6 Å². The molecule has 0 amide bonds.